The summed E-state index contributed by atoms with van der Waals surface area (Å²) >= 11 is 5.85. The van der Waals surface area contributed by atoms with E-state index in [0.717, 1.165) is 16.5 Å². The Morgan fingerprint density at radius 3 is 2.34 bits per heavy atom. The summed E-state index contributed by atoms with van der Waals surface area (Å²) in [5.74, 6) is -0.477. The number of para-hydroxylation sites is 1. The number of rotatable bonds is 5. The van der Waals surface area contributed by atoms with Crippen LogP contribution in [0.25, 0.3) is 0 Å². The third-order valence-corrected chi connectivity index (χ3v) is 4.38. The highest BCUT2D eigenvalue weighted by Crippen LogP contribution is 2.37. The van der Waals surface area contributed by atoms with Crippen LogP contribution in [-0.2, 0) is 12.6 Å². The number of amides is 2. The molecule has 29 heavy (non-hydrogen) atoms. The van der Waals surface area contributed by atoms with E-state index >= 15 is 0 Å². The van der Waals surface area contributed by atoms with Crippen molar-refractivity contribution < 1.29 is 18.0 Å². The van der Waals surface area contributed by atoms with Gasteiger partial charge in [-0.05, 0) is 48.4 Å². The quantitative estimate of drug-likeness (QED) is 0.564. The fraction of sp³-hybridized carbons (Fsp3) is 0.143. The van der Waals surface area contributed by atoms with Crippen LogP contribution in [0.2, 0.25) is 5.02 Å². The molecular formula is C21H17ClF3N3O. The summed E-state index contributed by atoms with van der Waals surface area (Å²) in [6, 6.07) is 16.6. The largest absolute Gasteiger partial charge is 0.419 e. The first-order valence-electron chi connectivity index (χ1n) is 8.76. The lowest BCUT2D eigenvalue weighted by Crippen LogP contribution is -2.39. The summed E-state index contributed by atoms with van der Waals surface area (Å²) in [7, 11) is 0. The number of urea groups is 1. The lowest BCUT2D eigenvalue weighted by Gasteiger charge is -2.25. The van der Waals surface area contributed by atoms with Gasteiger partial charge in [0, 0.05) is 17.8 Å². The van der Waals surface area contributed by atoms with E-state index in [1.807, 2.05) is 12.1 Å². The van der Waals surface area contributed by atoms with Crippen molar-refractivity contribution in [2.24, 2.45) is 0 Å². The minimum absolute atomic E-state index is 0.234. The van der Waals surface area contributed by atoms with Gasteiger partial charge in [-0.25, -0.2) is 14.7 Å². The summed E-state index contributed by atoms with van der Waals surface area (Å²) < 4.78 is 40.5. The van der Waals surface area contributed by atoms with E-state index < -0.39 is 23.6 Å². The fourth-order valence-electron chi connectivity index (χ4n) is 2.75. The van der Waals surface area contributed by atoms with Crippen molar-refractivity contribution >= 4 is 29.1 Å². The number of pyridine rings is 1. The van der Waals surface area contributed by atoms with E-state index in [-0.39, 0.29) is 12.2 Å². The molecule has 1 N–H and O–H groups in total. The average molecular weight is 420 g/mol. The Morgan fingerprint density at radius 1 is 1.00 bits per heavy atom. The van der Waals surface area contributed by atoms with Crippen molar-refractivity contribution in [2.75, 3.05) is 11.4 Å². The van der Waals surface area contributed by atoms with Crippen LogP contribution in [0.1, 0.15) is 11.1 Å². The molecule has 150 valence electrons. The average Bonchev–Trinajstić information content (AvgIpc) is 2.70. The monoisotopic (exact) mass is 419 g/mol. The van der Waals surface area contributed by atoms with E-state index in [9.17, 15) is 18.0 Å². The summed E-state index contributed by atoms with van der Waals surface area (Å²) in [4.78, 5) is 17.6. The first kappa shape index (κ1) is 20.7. The van der Waals surface area contributed by atoms with Gasteiger partial charge in [0.25, 0.3) is 0 Å². The molecule has 0 saturated heterocycles. The molecule has 3 aromatic rings. The molecule has 0 saturated carbocycles. The molecule has 0 aliphatic heterocycles. The molecule has 4 nitrogen and oxygen atoms in total. The van der Waals surface area contributed by atoms with Crippen LogP contribution < -0.4 is 10.2 Å². The van der Waals surface area contributed by atoms with Gasteiger partial charge in [-0.1, -0.05) is 41.9 Å². The molecular weight excluding hydrogens is 403 g/mol. The summed E-state index contributed by atoms with van der Waals surface area (Å²) in [6.45, 7) is 0.234. The number of hydrogen-bond acceptors (Lipinski definition) is 2. The summed E-state index contributed by atoms with van der Waals surface area (Å²) in [6.07, 6.45) is -2.93. The number of benzene rings is 2. The van der Waals surface area contributed by atoms with Crippen molar-refractivity contribution in [3.05, 3.63) is 89.1 Å². The predicted molar refractivity (Wildman–Crippen MR) is 106 cm³/mol. The number of nitrogens with zero attached hydrogens (tertiary/aromatic N) is 2. The number of halogens is 4. The normalized spacial score (nSPS) is 11.2. The van der Waals surface area contributed by atoms with Gasteiger partial charge in [-0.3, -0.25) is 0 Å². The van der Waals surface area contributed by atoms with Crippen molar-refractivity contribution in [3.63, 3.8) is 0 Å². The molecule has 0 spiro atoms. The highest BCUT2D eigenvalue weighted by atomic mass is 35.5. The minimum atomic E-state index is -4.65. The predicted octanol–water partition coefficient (Wildman–Crippen LogP) is 5.84. The Kier molecular flexibility index (Phi) is 6.39. The SMILES string of the molecule is O=C(NCCc1ccc(Cl)cc1)N(c1ccccc1)c1ncccc1C(F)(F)F. The number of carbonyl (C=O) groups is 1. The molecule has 0 bridgehead atoms. The van der Waals surface area contributed by atoms with E-state index in [1.54, 1.807) is 42.5 Å². The molecule has 0 atom stereocenters. The van der Waals surface area contributed by atoms with Crippen molar-refractivity contribution in [2.45, 2.75) is 12.6 Å². The van der Waals surface area contributed by atoms with Gasteiger partial charge >= 0.3 is 12.2 Å². The Balaban J connectivity index is 1.85. The fourth-order valence-corrected chi connectivity index (χ4v) is 2.88. The topological polar surface area (TPSA) is 45.2 Å². The maximum absolute atomic E-state index is 13.5. The number of nitrogens with one attached hydrogen (secondary N) is 1. The van der Waals surface area contributed by atoms with Gasteiger partial charge in [0.1, 0.15) is 0 Å². The number of alkyl halides is 3. The van der Waals surface area contributed by atoms with Crippen LogP contribution in [0.15, 0.2) is 72.9 Å². The van der Waals surface area contributed by atoms with Gasteiger partial charge in [-0.15, -0.1) is 0 Å². The molecule has 2 aromatic carbocycles. The van der Waals surface area contributed by atoms with Gasteiger partial charge < -0.3 is 5.32 Å². The van der Waals surface area contributed by atoms with E-state index in [1.165, 1.54) is 12.3 Å². The molecule has 0 aliphatic carbocycles. The molecule has 8 heteroatoms. The molecule has 2 amide bonds. The van der Waals surface area contributed by atoms with E-state index in [0.29, 0.717) is 11.4 Å². The molecule has 1 aromatic heterocycles. The highest BCUT2D eigenvalue weighted by Gasteiger charge is 2.37. The van der Waals surface area contributed by atoms with Crippen LogP contribution in [0, 0.1) is 0 Å². The van der Waals surface area contributed by atoms with Gasteiger partial charge in [-0.2, -0.15) is 13.2 Å². The smallest absolute Gasteiger partial charge is 0.337 e. The van der Waals surface area contributed by atoms with Crippen molar-refractivity contribution in [3.8, 4) is 0 Å². The number of anilines is 2. The standard InChI is InChI=1S/C21H17ClF3N3O/c22-16-10-8-15(9-11-16)12-14-27-20(29)28(17-5-2-1-3-6-17)19-18(21(23,24)25)7-4-13-26-19/h1-11,13H,12,14H2,(H,27,29). The van der Waals surface area contributed by atoms with Crippen LogP contribution in [0.3, 0.4) is 0 Å². The minimum Gasteiger partial charge on any atom is -0.337 e. The Hall–Kier alpha value is -3.06. The van der Waals surface area contributed by atoms with Crippen LogP contribution in [0.5, 0.6) is 0 Å². The maximum Gasteiger partial charge on any atom is 0.419 e. The molecule has 3 rings (SSSR count). The van der Waals surface area contributed by atoms with Crippen LogP contribution >= 0.6 is 11.6 Å². The van der Waals surface area contributed by atoms with Crippen LogP contribution in [-0.4, -0.2) is 17.6 Å². The van der Waals surface area contributed by atoms with Gasteiger partial charge in [0.05, 0.1) is 11.3 Å². The van der Waals surface area contributed by atoms with Gasteiger partial charge in [0.2, 0.25) is 0 Å². The second kappa shape index (κ2) is 8.96. The second-order valence-corrected chi connectivity index (χ2v) is 6.59. The molecule has 1 heterocycles. The Bertz CT molecular complexity index is 963. The zero-order valence-electron chi connectivity index (χ0n) is 15.2. The molecule has 0 unspecified atom stereocenters. The molecule has 0 radical (unpaired) electrons. The van der Waals surface area contributed by atoms with E-state index in [2.05, 4.69) is 10.3 Å². The van der Waals surface area contributed by atoms with Crippen molar-refractivity contribution in [1.29, 1.82) is 0 Å². The number of aromatic nitrogens is 1. The maximum atomic E-state index is 13.5. The zero-order valence-corrected chi connectivity index (χ0v) is 15.9. The van der Waals surface area contributed by atoms with Gasteiger partial charge in [0.15, 0.2) is 5.82 Å². The first-order valence-corrected chi connectivity index (χ1v) is 9.14. The number of carbonyl (C=O) groups excluding carboxylic acids is 1. The summed E-state index contributed by atoms with van der Waals surface area (Å²) in [5.41, 5.74) is 0.229. The highest BCUT2D eigenvalue weighted by molar-refractivity contribution is 6.30. The third-order valence-electron chi connectivity index (χ3n) is 4.12. The Labute approximate surface area is 170 Å². The lowest BCUT2D eigenvalue weighted by atomic mass is 10.1. The zero-order chi connectivity index (χ0) is 20.9. The summed E-state index contributed by atoms with van der Waals surface area (Å²) in [5, 5.41) is 3.27. The molecule has 0 fully saturated rings. The lowest BCUT2D eigenvalue weighted by molar-refractivity contribution is -0.137. The Morgan fingerprint density at radius 2 is 1.69 bits per heavy atom. The first-order chi connectivity index (χ1) is 13.9. The second-order valence-electron chi connectivity index (χ2n) is 6.15. The third kappa shape index (κ3) is 5.26. The van der Waals surface area contributed by atoms with Crippen molar-refractivity contribution in [1.82, 2.24) is 10.3 Å². The van der Waals surface area contributed by atoms with E-state index in [4.69, 9.17) is 11.6 Å². The number of hydrogen-bond donors (Lipinski definition) is 1. The molecule has 0 aliphatic rings. The van der Waals surface area contributed by atoms with Crippen LogP contribution in [0.4, 0.5) is 29.5 Å².